The zero-order valence-corrected chi connectivity index (χ0v) is 12.2. The Labute approximate surface area is 120 Å². The van der Waals surface area contributed by atoms with Crippen molar-refractivity contribution in [1.29, 1.82) is 0 Å². The number of nitrogens with zero attached hydrogens (tertiary/aromatic N) is 3. The van der Waals surface area contributed by atoms with Crippen LogP contribution < -0.4 is 5.32 Å². The summed E-state index contributed by atoms with van der Waals surface area (Å²) in [6, 6.07) is 9.00. The Morgan fingerprint density at radius 3 is 2.95 bits per heavy atom. The standard InChI is InChI=1S/C16H22N4/c1-13-5-3-4-6-14(13)12-20-10-7-17-11-15(20)16-18-8-9-19(16)2/h3-6,8-9,15,17H,7,10-12H2,1-2H3. The van der Waals surface area contributed by atoms with Crippen LogP contribution in [-0.4, -0.2) is 34.1 Å². The molecule has 20 heavy (non-hydrogen) atoms. The zero-order valence-electron chi connectivity index (χ0n) is 12.2. The molecule has 0 bridgehead atoms. The molecule has 3 rings (SSSR count). The van der Waals surface area contributed by atoms with Crippen molar-refractivity contribution in [1.82, 2.24) is 19.8 Å². The molecule has 1 aliphatic rings. The number of hydrogen-bond donors (Lipinski definition) is 1. The van der Waals surface area contributed by atoms with Crippen molar-refractivity contribution < 1.29 is 0 Å². The normalized spacial score (nSPS) is 20.2. The number of aryl methyl sites for hydroxylation is 2. The van der Waals surface area contributed by atoms with Crippen molar-refractivity contribution in [3.8, 4) is 0 Å². The summed E-state index contributed by atoms with van der Waals surface area (Å²) in [5, 5.41) is 3.49. The topological polar surface area (TPSA) is 33.1 Å². The summed E-state index contributed by atoms with van der Waals surface area (Å²) >= 11 is 0. The van der Waals surface area contributed by atoms with E-state index in [1.54, 1.807) is 0 Å². The second-order valence-corrected chi connectivity index (χ2v) is 5.51. The SMILES string of the molecule is Cc1ccccc1CN1CCNCC1c1nccn1C. The summed E-state index contributed by atoms with van der Waals surface area (Å²) in [7, 11) is 2.07. The smallest absolute Gasteiger partial charge is 0.127 e. The highest BCUT2D eigenvalue weighted by molar-refractivity contribution is 5.25. The molecule has 1 fully saturated rings. The molecule has 0 amide bonds. The fraction of sp³-hybridized carbons (Fsp3) is 0.438. The van der Waals surface area contributed by atoms with Gasteiger partial charge in [-0.25, -0.2) is 4.98 Å². The third kappa shape index (κ3) is 2.62. The Hall–Kier alpha value is -1.65. The summed E-state index contributed by atoms with van der Waals surface area (Å²) in [5.41, 5.74) is 2.78. The molecule has 0 aliphatic carbocycles. The van der Waals surface area contributed by atoms with Gasteiger partial charge < -0.3 is 9.88 Å². The Balaban J connectivity index is 1.83. The molecule has 1 aliphatic heterocycles. The summed E-state index contributed by atoms with van der Waals surface area (Å²) in [5.74, 6) is 1.14. The Bertz CT molecular complexity index is 575. The van der Waals surface area contributed by atoms with Gasteiger partial charge in [0.05, 0.1) is 6.04 Å². The molecule has 2 aromatic rings. The van der Waals surface area contributed by atoms with Crippen LogP contribution in [0.15, 0.2) is 36.7 Å². The molecule has 1 saturated heterocycles. The van der Waals surface area contributed by atoms with Crippen LogP contribution in [0.4, 0.5) is 0 Å². The molecule has 0 radical (unpaired) electrons. The van der Waals surface area contributed by atoms with Crippen LogP contribution in [0.3, 0.4) is 0 Å². The molecular formula is C16H22N4. The number of imidazole rings is 1. The van der Waals surface area contributed by atoms with Crippen LogP contribution in [0, 0.1) is 6.92 Å². The maximum Gasteiger partial charge on any atom is 0.127 e. The van der Waals surface area contributed by atoms with Crippen LogP contribution in [0.25, 0.3) is 0 Å². The summed E-state index contributed by atoms with van der Waals surface area (Å²) in [6.45, 7) is 6.26. The number of hydrogen-bond acceptors (Lipinski definition) is 3. The fourth-order valence-corrected chi connectivity index (χ4v) is 2.89. The van der Waals surface area contributed by atoms with E-state index in [1.807, 2.05) is 12.4 Å². The van der Waals surface area contributed by atoms with Crippen molar-refractivity contribution in [3.63, 3.8) is 0 Å². The van der Waals surface area contributed by atoms with Crippen molar-refractivity contribution in [2.24, 2.45) is 7.05 Å². The Morgan fingerprint density at radius 2 is 2.20 bits per heavy atom. The number of piperazine rings is 1. The van der Waals surface area contributed by atoms with E-state index in [0.29, 0.717) is 6.04 Å². The predicted octanol–water partition coefficient (Wildman–Crippen LogP) is 1.88. The minimum Gasteiger partial charge on any atom is -0.337 e. The third-order valence-corrected chi connectivity index (χ3v) is 4.15. The number of aromatic nitrogens is 2. The number of benzene rings is 1. The molecule has 2 heterocycles. The monoisotopic (exact) mass is 270 g/mol. The summed E-state index contributed by atoms with van der Waals surface area (Å²) in [6.07, 6.45) is 3.91. The molecule has 0 saturated carbocycles. The summed E-state index contributed by atoms with van der Waals surface area (Å²) in [4.78, 5) is 7.06. The van der Waals surface area contributed by atoms with Gasteiger partial charge in [0, 0.05) is 45.6 Å². The first-order valence-corrected chi connectivity index (χ1v) is 7.22. The van der Waals surface area contributed by atoms with Gasteiger partial charge >= 0.3 is 0 Å². The van der Waals surface area contributed by atoms with Crippen molar-refractivity contribution in [2.75, 3.05) is 19.6 Å². The van der Waals surface area contributed by atoms with Crippen LogP contribution in [0.2, 0.25) is 0 Å². The largest absolute Gasteiger partial charge is 0.337 e. The lowest BCUT2D eigenvalue weighted by atomic mass is 10.1. The lowest BCUT2D eigenvalue weighted by Gasteiger charge is -2.36. The summed E-state index contributed by atoms with van der Waals surface area (Å²) < 4.78 is 2.13. The molecule has 1 unspecified atom stereocenters. The lowest BCUT2D eigenvalue weighted by Crippen LogP contribution is -2.46. The van der Waals surface area contributed by atoms with Gasteiger partial charge in [-0.2, -0.15) is 0 Å². The quantitative estimate of drug-likeness (QED) is 0.924. The Kier molecular flexibility index (Phi) is 3.85. The van der Waals surface area contributed by atoms with Crippen LogP contribution in [-0.2, 0) is 13.6 Å². The van der Waals surface area contributed by atoms with Gasteiger partial charge in [0.15, 0.2) is 0 Å². The third-order valence-electron chi connectivity index (χ3n) is 4.15. The molecular weight excluding hydrogens is 248 g/mol. The molecule has 0 spiro atoms. The number of nitrogens with one attached hydrogen (secondary N) is 1. The molecule has 1 N–H and O–H groups in total. The van der Waals surface area contributed by atoms with E-state index in [1.165, 1.54) is 11.1 Å². The first kappa shape index (κ1) is 13.3. The second kappa shape index (κ2) is 5.77. The maximum absolute atomic E-state index is 4.54. The lowest BCUT2D eigenvalue weighted by molar-refractivity contribution is 0.144. The zero-order chi connectivity index (χ0) is 13.9. The molecule has 106 valence electrons. The van der Waals surface area contributed by atoms with Crippen LogP contribution >= 0.6 is 0 Å². The van der Waals surface area contributed by atoms with Gasteiger partial charge in [0.2, 0.25) is 0 Å². The number of rotatable bonds is 3. The highest BCUT2D eigenvalue weighted by Crippen LogP contribution is 2.23. The van der Waals surface area contributed by atoms with Gasteiger partial charge in [-0.3, -0.25) is 4.90 Å². The van der Waals surface area contributed by atoms with Crippen molar-refractivity contribution >= 4 is 0 Å². The Morgan fingerprint density at radius 1 is 1.35 bits per heavy atom. The first-order chi connectivity index (χ1) is 9.75. The van der Waals surface area contributed by atoms with E-state index in [2.05, 4.69) is 58.0 Å². The van der Waals surface area contributed by atoms with Gasteiger partial charge in [-0.05, 0) is 18.1 Å². The fourth-order valence-electron chi connectivity index (χ4n) is 2.89. The molecule has 1 atom stereocenters. The first-order valence-electron chi connectivity index (χ1n) is 7.22. The molecule has 4 heteroatoms. The van der Waals surface area contributed by atoms with Crippen LogP contribution in [0.1, 0.15) is 23.0 Å². The van der Waals surface area contributed by atoms with E-state index in [0.717, 1.165) is 32.0 Å². The minimum absolute atomic E-state index is 0.350. The molecule has 1 aromatic heterocycles. The van der Waals surface area contributed by atoms with Gasteiger partial charge in [-0.1, -0.05) is 24.3 Å². The molecule has 1 aromatic carbocycles. The van der Waals surface area contributed by atoms with Crippen LogP contribution in [0.5, 0.6) is 0 Å². The maximum atomic E-state index is 4.54. The van der Waals surface area contributed by atoms with Gasteiger partial charge in [0.25, 0.3) is 0 Å². The van der Waals surface area contributed by atoms with E-state index in [-0.39, 0.29) is 0 Å². The van der Waals surface area contributed by atoms with E-state index in [4.69, 9.17) is 0 Å². The van der Waals surface area contributed by atoms with E-state index >= 15 is 0 Å². The minimum atomic E-state index is 0.350. The second-order valence-electron chi connectivity index (χ2n) is 5.51. The average Bonchev–Trinajstić information content (AvgIpc) is 2.88. The highest BCUT2D eigenvalue weighted by Gasteiger charge is 2.26. The highest BCUT2D eigenvalue weighted by atomic mass is 15.3. The molecule has 4 nitrogen and oxygen atoms in total. The van der Waals surface area contributed by atoms with Gasteiger partial charge in [0.1, 0.15) is 5.82 Å². The average molecular weight is 270 g/mol. The van der Waals surface area contributed by atoms with E-state index in [9.17, 15) is 0 Å². The van der Waals surface area contributed by atoms with Crippen molar-refractivity contribution in [3.05, 3.63) is 53.6 Å². The van der Waals surface area contributed by atoms with Crippen molar-refractivity contribution in [2.45, 2.75) is 19.5 Å². The van der Waals surface area contributed by atoms with Gasteiger partial charge in [-0.15, -0.1) is 0 Å². The van der Waals surface area contributed by atoms with E-state index < -0.39 is 0 Å². The predicted molar refractivity (Wildman–Crippen MR) is 80.4 cm³/mol.